The SMILES string of the molecule is COc1ccc(NC(=O)c2cc(C3CC3)on2)cc1OC. The lowest BCUT2D eigenvalue weighted by Gasteiger charge is -2.09. The Bertz CT molecular complexity index is 661. The molecule has 1 aliphatic rings. The Labute approximate surface area is 122 Å². The van der Waals surface area contributed by atoms with Crippen LogP contribution in [0.1, 0.15) is 35.0 Å². The fourth-order valence-corrected chi connectivity index (χ4v) is 2.07. The lowest BCUT2D eigenvalue weighted by Crippen LogP contribution is -2.12. The number of benzene rings is 1. The molecular formula is C15H16N2O4. The molecule has 1 aromatic carbocycles. The van der Waals surface area contributed by atoms with Crippen molar-refractivity contribution in [2.24, 2.45) is 0 Å². The van der Waals surface area contributed by atoms with Crippen LogP contribution in [0, 0.1) is 0 Å². The van der Waals surface area contributed by atoms with E-state index in [2.05, 4.69) is 10.5 Å². The Morgan fingerprint density at radius 1 is 1.24 bits per heavy atom. The number of aromatic nitrogens is 1. The predicted molar refractivity (Wildman–Crippen MR) is 76.0 cm³/mol. The number of nitrogens with one attached hydrogen (secondary N) is 1. The normalized spacial score (nSPS) is 13.8. The maximum absolute atomic E-state index is 12.1. The van der Waals surface area contributed by atoms with E-state index in [1.165, 1.54) is 0 Å². The van der Waals surface area contributed by atoms with Crippen LogP contribution in [0.2, 0.25) is 0 Å². The zero-order valence-corrected chi connectivity index (χ0v) is 11.9. The van der Waals surface area contributed by atoms with Crippen LogP contribution in [0.3, 0.4) is 0 Å². The van der Waals surface area contributed by atoms with Gasteiger partial charge < -0.3 is 19.3 Å². The number of nitrogens with zero attached hydrogens (tertiary/aromatic N) is 1. The standard InChI is InChI=1S/C15H16N2O4/c1-19-12-6-5-10(7-14(12)20-2)16-15(18)11-8-13(21-17-11)9-3-4-9/h5-9H,3-4H2,1-2H3,(H,16,18). The summed E-state index contributed by atoms with van der Waals surface area (Å²) < 4.78 is 15.5. The van der Waals surface area contributed by atoms with E-state index in [-0.39, 0.29) is 11.6 Å². The summed E-state index contributed by atoms with van der Waals surface area (Å²) in [5.41, 5.74) is 0.889. The molecule has 1 heterocycles. The van der Waals surface area contributed by atoms with Crippen molar-refractivity contribution in [1.29, 1.82) is 0 Å². The largest absolute Gasteiger partial charge is 0.493 e. The molecule has 21 heavy (non-hydrogen) atoms. The number of ether oxygens (including phenoxy) is 2. The van der Waals surface area contributed by atoms with E-state index in [1.807, 2.05) is 0 Å². The van der Waals surface area contributed by atoms with Crippen molar-refractivity contribution < 1.29 is 18.8 Å². The minimum Gasteiger partial charge on any atom is -0.493 e. The summed E-state index contributed by atoms with van der Waals surface area (Å²) in [6.45, 7) is 0. The molecule has 1 aliphatic carbocycles. The first-order chi connectivity index (χ1) is 10.2. The average molecular weight is 288 g/mol. The van der Waals surface area contributed by atoms with Gasteiger partial charge in [0.1, 0.15) is 5.76 Å². The van der Waals surface area contributed by atoms with Crippen molar-refractivity contribution in [1.82, 2.24) is 5.16 Å². The Kier molecular flexibility index (Phi) is 3.51. The molecular weight excluding hydrogens is 272 g/mol. The molecule has 0 spiro atoms. The van der Waals surface area contributed by atoms with Gasteiger partial charge in [-0.1, -0.05) is 5.16 Å². The second-order valence-corrected chi connectivity index (χ2v) is 4.91. The third-order valence-electron chi connectivity index (χ3n) is 3.38. The molecule has 110 valence electrons. The first-order valence-corrected chi connectivity index (χ1v) is 6.71. The van der Waals surface area contributed by atoms with Crippen molar-refractivity contribution in [2.45, 2.75) is 18.8 Å². The van der Waals surface area contributed by atoms with E-state index < -0.39 is 0 Å². The molecule has 0 atom stereocenters. The molecule has 3 rings (SSSR count). The van der Waals surface area contributed by atoms with Gasteiger partial charge in [-0.2, -0.15) is 0 Å². The van der Waals surface area contributed by atoms with Gasteiger partial charge in [0.2, 0.25) is 0 Å². The minimum absolute atomic E-state index is 0.284. The van der Waals surface area contributed by atoms with Crippen LogP contribution in [0.4, 0.5) is 5.69 Å². The van der Waals surface area contributed by atoms with E-state index in [1.54, 1.807) is 38.5 Å². The van der Waals surface area contributed by atoms with Gasteiger partial charge in [-0.25, -0.2) is 0 Å². The van der Waals surface area contributed by atoms with E-state index in [0.29, 0.717) is 23.1 Å². The maximum atomic E-state index is 12.1. The molecule has 1 saturated carbocycles. The molecule has 0 radical (unpaired) electrons. The Balaban J connectivity index is 1.74. The van der Waals surface area contributed by atoms with Crippen molar-refractivity contribution in [3.05, 3.63) is 35.7 Å². The van der Waals surface area contributed by atoms with Crippen LogP contribution >= 0.6 is 0 Å². The molecule has 1 fully saturated rings. The van der Waals surface area contributed by atoms with Gasteiger partial charge in [-0.3, -0.25) is 4.79 Å². The van der Waals surface area contributed by atoms with E-state index >= 15 is 0 Å². The number of amides is 1. The Morgan fingerprint density at radius 2 is 2.00 bits per heavy atom. The molecule has 1 amide bonds. The molecule has 2 aromatic rings. The van der Waals surface area contributed by atoms with Crippen molar-refractivity contribution >= 4 is 11.6 Å². The summed E-state index contributed by atoms with van der Waals surface area (Å²) in [5, 5.41) is 6.57. The quantitative estimate of drug-likeness (QED) is 0.915. The van der Waals surface area contributed by atoms with Crippen molar-refractivity contribution in [3.63, 3.8) is 0 Å². The lowest BCUT2D eigenvalue weighted by atomic mass is 10.2. The smallest absolute Gasteiger partial charge is 0.277 e. The molecule has 0 unspecified atom stereocenters. The van der Waals surface area contributed by atoms with Gasteiger partial charge in [0.05, 0.1) is 14.2 Å². The summed E-state index contributed by atoms with van der Waals surface area (Å²) in [4.78, 5) is 12.1. The molecule has 6 nitrogen and oxygen atoms in total. The first kappa shape index (κ1) is 13.5. The highest BCUT2D eigenvalue weighted by atomic mass is 16.5. The molecule has 1 aromatic heterocycles. The summed E-state index contributed by atoms with van der Waals surface area (Å²) in [6.07, 6.45) is 2.21. The molecule has 0 saturated heterocycles. The van der Waals surface area contributed by atoms with Crippen LogP contribution in [-0.2, 0) is 0 Å². The van der Waals surface area contributed by atoms with Gasteiger partial charge >= 0.3 is 0 Å². The van der Waals surface area contributed by atoms with E-state index in [0.717, 1.165) is 18.6 Å². The van der Waals surface area contributed by atoms with E-state index in [4.69, 9.17) is 14.0 Å². The van der Waals surface area contributed by atoms with Crippen LogP contribution in [0.15, 0.2) is 28.8 Å². The number of methoxy groups -OCH3 is 2. The van der Waals surface area contributed by atoms with Gasteiger partial charge in [0.25, 0.3) is 5.91 Å². The zero-order chi connectivity index (χ0) is 14.8. The second-order valence-electron chi connectivity index (χ2n) is 4.91. The molecule has 1 N–H and O–H groups in total. The number of rotatable bonds is 5. The lowest BCUT2D eigenvalue weighted by molar-refractivity contribution is 0.101. The van der Waals surface area contributed by atoms with E-state index in [9.17, 15) is 4.79 Å². The second kappa shape index (κ2) is 5.47. The zero-order valence-electron chi connectivity index (χ0n) is 11.9. The van der Waals surface area contributed by atoms with Gasteiger partial charge in [-0.05, 0) is 25.0 Å². The molecule has 6 heteroatoms. The topological polar surface area (TPSA) is 73.6 Å². The summed E-state index contributed by atoms with van der Waals surface area (Å²) in [7, 11) is 3.11. The van der Waals surface area contributed by atoms with Gasteiger partial charge in [0, 0.05) is 23.7 Å². The number of carbonyl (C=O) groups excluding carboxylic acids is 1. The highest BCUT2D eigenvalue weighted by Gasteiger charge is 2.28. The summed E-state index contributed by atoms with van der Waals surface area (Å²) >= 11 is 0. The highest BCUT2D eigenvalue weighted by Crippen LogP contribution is 2.40. The van der Waals surface area contributed by atoms with Crippen LogP contribution in [0.5, 0.6) is 11.5 Å². The monoisotopic (exact) mass is 288 g/mol. The third kappa shape index (κ3) is 2.84. The first-order valence-electron chi connectivity index (χ1n) is 6.71. The number of hydrogen-bond acceptors (Lipinski definition) is 5. The fraction of sp³-hybridized carbons (Fsp3) is 0.333. The number of anilines is 1. The van der Waals surface area contributed by atoms with Crippen LogP contribution in [0.25, 0.3) is 0 Å². The van der Waals surface area contributed by atoms with Crippen molar-refractivity contribution in [2.75, 3.05) is 19.5 Å². The van der Waals surface area contributed by atoms with Crippen LogP contribution in [-0.4, -0.2) is 25.3 Å². The number of hydrogen-bond donors (Lipinski definition) is 1. The Morgan fingerprint density at radius 3 is 2.67 bits per heavy atom. The summed E-state index contributed by atoms with van der Waals surface area (Å²) in [5.74, 6) is 2.06. The average Bonchev–Trinajstić information content (AvgIpc) is 3.24. The minimum atomic E-state index is -0.308. The Hall–Kier alpha value is -2.50. The fourth-order valence-electron chi connectivity index (χ4n) is 2.07. The molecule has 0 aliphatic heterocycles. The maximum Gasteiger partial charge on any atom is 0.277 e. The molecule has 0 bridgehead atoms. The predicted octanol–water partition coefficient (Wildman–Crippen LogP) is 2.82. The third-order valence-corrected chi connectivity index (χ3v) is 3.38. The highest BCUT2D eigenvalue weighted by molar-refractivity contribution is 6.03. The van der Waals surface area contributed by atoms with Gasteiger partial charge in [0.15, 0.2) is 17.2 Å². The van der Waals surface area contributed by atoms with Crippen LogP contribution < -0.4 is 14.8 Å². The van der Waals surface area contributed by atoms with Crippen molar-refractivity contribution in [3.8, 4) is 11.5 Å². The summed E-state index contributed by atoms with van der Waals surface area (Å²) in [6, 6.07) is 6.86. The van der Waals surface area contributed by atoms with Gasteiger partial charge in [-0.15, -0.1) is 0 Å². The number of carbonyl (C=O) groups is 1.